The van der Waals surface area contributed by atoms with Crippen LogP contribution in [0.4, 0.5) is 5.82 Å². The maximum absolute atomic E-state index is 12.1. The number of pyridine rings is 1. The highest BCUT2D eigenvalue weighted by molar-refractivity contribution is 5.94. The van der Waals surface area contributed by atoms with Crippen LogP contribution in [-0.2, 0) is 6.42 Å². The van der Waals surface area contributed by atoms with Crippen LogP contribution in [0.1, 0.15) is 41.6 Å². The third-order valence-electron chi connectivity index (χ3n) is 2.83. The number of hydrogen-bond acceptors (Lipinski definition) is 5. The van der Waals surface area contributed by atoms with Gasteiger partial charge in [-0.3, -0.25) is 9.89 Å². The Morgan fingerprint density at radius 2 is 2.25 bits per heavy atom. The molecule has 0 saturated carbocycles. The molecule has 106 valence electrons. The summed E-state index contributed by atoms with van der Waals surface area (Å²) in [5.74, 6) is 1.15. The molecule has 0 radical (unpaired) electrons. The van der Waals surface area contributed by atoms with Crippen molar-refractivity contribution in [2.75, 3.05) is 12.3 Å². The molecule has 0 aromatic carbocycles. The summed E-state index contributed by atoms with van der Waals surface area (Å²) in [4.78, 5) is 20.3. The van der Waals surface area contributed by atoms with E-state index >= 15 is 0 Å². The first kappa shape index (κ1) is 14.0. The topological polar surface area (TPSA) is 110 Å². The maximum atomic E-state index is 12.1. The Balaban J connectivity index is 1.98. The van der Waals surface area contributed by atoms with Crippen LogP contribution in [0.3, 0.4) is 0 Å². The number of nitrogens with one attached hydrogen (secondary N) is 2. The highest BCUT2D eigenvalue weighted by Gasteiger charge is 2.10. The number of nitrogens with two attached hydrogens (primary N) is 1. The van der Waals surface area contributed by atoms with Crippen molar-refractivity contribution >= 4 is 11.7 Å². The number of amides is 1. The number of hydrogen-bond donors (Lipinski definition) is 3. The Bertz CT molecular complexity index is 579. The smallest absolute Gasteiger partial charge is 0.251 e. The third-order valence-corrected chi connectivity index (χ3v) is 2.83. The second-order valence-electron chi connectivity index (χ2n) is 4.80. The van der Waals surface area contributed by atoms with Crippen molar-refractivity contribution < 1.29 is 4.79 Å². The van der Waals surface area contributed by atoms with Gasteiger partial charge in [0.1, 0.15) is 18.0 Å². The van der Waals surface area contributed by atoms with Crippen LogP contribution in [0.25, 0.3) is 0 Å². The molecular weight excluding hydrogens is 256 g/mol. The molecule has 0 unspecified atom stereocenters. The number of H-pyrrole nitrogens is 1. The van der Waals surface area contributed by atoms with Crippen molar-refractivity contribution in [3.05, 3.63) is 35.5 Å². The molecule has 0 fully saturated rings. The summed E-state index contributed by atoms with van der Waals surface area (Å²) in [5.41, 5.74) is 7.06. The van der Waals surface area contributed by atoms with Crippen molar-refractivity contribution in [1.82, 2.24) is 25.5 Å². The Morgan fingerprint density at radius 3 is 2.90 bits per heavy atom. The molecule has 0 saturated heterocycles. The second-order valence-corrected chi connectivity index (χ2v) is 4.80. The van der Waals surface area contributed by atoms with E-state index in [0.29, 0.717) is 24.3 Å². The van der Waals surface area contributed by atoms with Crippen LogP contribution in [0.5, 0.6) is 0 Å². The van der Waals surface area contributed by atoms with Gasteiger partial charge in [-0.1, -0.05) is 13.8 Å². The van der Waals surface area contributed by atoms with Gasteiger partial charge in [0.15, 0.2) is 0 Å². The normalized spacial score (nSPS) is 10.8. The number of aromatic nitrogens is 4. The zero-order valence-corrected chi connectivity index (χ0v) is 11.6. The minimum atomic E-state index is -0.166. The fourth-order valence-corrected chi connectivity index (χ4v) is 1.75. The molecule has 7 nitrogen and oxygen atoms in total. The van der Waals surface area contributed by atoms with Crippen LogP contribution >= 0.6 is 0 Å². The fraction of sp³-hybridized carbons (Fsp3) is 0.385. The van der Waals surface area contributed by atoms with Crippen molar-refractivity contribution in [1.29, 1.82) is 0 Å². The molecule has 20 heavy (non-hydrogen) atoms. The van der Waals surface area contributed by atoms with E-state index in [0.717, 1.165) is 11.5 Å². The summed E-state index contributed by atoms with van der Waals surface area (Å²) in [6, 6.07) is 3.35. The van der Waals surface area contributed by atoms with Crippen LogP contribution < -0.4 is 11.1 Å². The molecule has 2 aromatic heterocycles. The van der Waals surface area contributed by atoms with Gasteiger partial charge in [-0.05, 0) is 18.1 Å². The van der Waals surface area contributed by atoms with E-state index in [1.807, 2.05) is 13.8 Å². The average Bonchev–Trinajstić information content (AvgIpc) is 2.91. The fourth-order valence-electron chi connectivity index (χ4n) is 1.75. The summed E-state index contributed by atoms with van der Waals surface area (Å²) in [6.07, 6.45) is 2.04. The lowest BCUT2D eigenvalue weighted by Crippen LogP contribution is -2.26. The van der Waals surface area contributed by atoms with E-state index in [-0.39, 0.29) is 11.8 Å². The molecule has 2 heterocycles. The van der Waals surface area contributed by atoms with Crippen LogP contribution in [-0.4, -0.2) is 32.6 Å². The Hall–Kier alpha value is -2.44. The first-order valence-corrected chi connectivity index (χ1v) is 6.46. The summed E-state index contributed by atoms with van der Waals surface area (Å²) >= 11 is 0. The molecule has 0 bridgehead atoms. The number of carbonyl (C=O) groups is 1. The van der Waals surface area contributed by atoms with E-state index < -0.39 is 0 Å². The maximum Gasteiger partial charge on any atom is 0.251 e. The van der Waals surface area contributed by atoms with E-state index in [1.54, 1.807) is 12.1 Å². The average molecular weight is 274 g/mol. The van der Waals surface area contributed by atoms with Crippen LogP contribution in [0.2, 0.25) is 0 Å². The second kappa shape index (κ2) is 6.14. The van der Waals surface area contributed by atoms with Crippen LogP contribution in [0, 0.1) is 0 Å². The van der Waals surface area contributed by atoms with Gasteiger partial charge < -0.3 is 11.1 Å². The number of anilines is 1. The minimum absolute atomic E-state index is 0.166. The van der Waals surface area contributed by atoms with E-state index in [9.17, 15) is 4.79 Å². The zero-order chi connectivity index (χ0) is 14.5. The van der Waals surface area contributed by atoms with E-state index in [1.165, 1.54) is 6.33 Å². The number of aromatic amines is 1. The summed E-state index contributed by atoms with van der Waals surface area (Å²) in [7, 11) is 0. The van der Waals surface area contributed by atoms with Gasteiger partial charge >= 0.3 is 0 Å². The summed E-state index contributed by atoms with van der Waals surface area (Å²) in [5, 5.41) is 9.31. The summed E-state index contributed by atoms with van der Waals surface area (Å²) < 4.78 is 0. The van der Waals surface area contributed by atoms with Crippen molar-refractivity contribution in [2.45, 2.75) is 26.2 Å². The lowest BCUT2D eigenvalue weighted by molar-refractivity contribution is 0.0954. The highest BCUT2D eigenvalue weighted by atomic mass is 16.1. The van der Waals surface area contributed by atoms with Crippen LogP contribution in [0.15, 0.2) is 18.5 Å². The van der Waals surface area contributed by atoms with Gasteiger partial charge in [-0.15, -0.1) is 0 Å². The van der Waals surface area contributed by atoms with Crippen molar-refractivity contribution in [3.8, 4) is 0 Å². The quantitative estimate of drug-likeness (QED) is 0.749. The standard InChI is InChI=1S/C13H18N6O/c1-8(2)10-5-9(6-11(14)18-10)13(20)15-4-3-12-16-7-17-19-12/h5-8H,3-4H2,1-2H3,(H2,14,18)(H,15,20)(H,16,17,19). The number of rotatable bonds is 5. The van der Waals surface area contributed by atoms with Gasteiger partial charge in [-0.25, -0.2) is 9.97 Å². The highest BCUT2D eigenvalue weighted by Crippen LogP contribution is 2.15. The molecular formula is C13H18N6O. The van der Waals surface area contributed by atoms with Gasteiger partial charge in [-0.2, -0.15) is 5.10 Å². The molecule has 0 aliphatic heterocycles. The van der Waals surface area contributed by atoms with Gasteiger partial charge in [0.25, 0.3) is 5.91 Å². The van der Waals surface area contributed by atoms with E-state index in [4.69, 9.17) is 5.73 Å². The molecule has 7 heteroatoms. The number of nitrogen functional groups attached to an aromatic ring is 1. The predicted molar refractivity (Wildman–Crippen MR) is 75.2 cm³/mol. The van der Waals surface area contributed by atoms with E-state index in [2.05, 4.69) is 25.5 Å². The first-order chi connectivity index (χ1) is 9.56. The third kappa shape index (κ3) is 3.53. The van der Waals surface area contributed by atoms with Gasteiger partial charge in [0, 0.05) is 24.2 Å². The zero-order valence-electron chi connectivity index (χ0n) is 11.6. The first-order valence-electron chi connectivity index (χ1n) is 6.46. The van der Waals surface area contributed by atoms with Gasteiger partial charge in [0.05, 0.1) is 0 Å². The molecule has 4 N–H and O–H groups in total. The lowest BCUT2D eigenvalue weighted by Gasteiger charge is -2.09. The Kier molecular flexibility index (Phi) is 4.29. The molecule has 0 spiro atoms. The molecule has 2 aromatic rings. The Morgan fingerprint density at radius 1 is 1.45 bits per heavy atom. The summed E-state index contributed by atoms with van der Waals surface area (Å²) in [6.45, 7) is 4.49. The van der Waals surface area contributed by atoms with Crippen molar-refractivity contribution in [2.24, 2.45) is 0 Å². The molecule has 0 atom stereocenters. The SMILES string of the molecule is CC(C)c1cc(C(=O)NCCc2ncn[nH]2)cc(N)n1. The molecule has 1 amide bonds. The Labute approximate surface area is 117 Å². The number of nitrogens with zero attached hydrogens (tertiary/aromatic N) is 3. The van der Waals surface area contributed by atoms with Crippen molar-refractivity contribution in [3.63, 3.8) is 0 Å². The molecule has 0 aliphatic rings. The monoisotopic (exact) mass is 274 g/mol. The number of carbonyl (C=O) groups excluding carboxylic acids is 1. The minimum Gasteiger partial charge on any atom is -0.384 e. The van der Waals surface area contributed by atoms with Gasteiger partial charge in [0.2, 0.25) is 0 Å². The lowest BCUT2D eigenvalue weighted by atomic mass is 10.1. The predicted octanol–water partition coefficient (Wildman–Crippen LogP) is 0.878. The molecule has 0 aliphatic carbocycles. The largest absolute Gasteiger partial charge is 0.384 e. The molecule has 2 rings (SSSR count).